The van der Waals surface area contributed by atoms with Crippen molar-refractivity contribution < 1.29 is 4.79 Å². The van der Waals surface area contributed by atoms with Gasteiger partial charge in [-0.3, -0.25) is 29.1 Å². The van der Waals surface area contributed by atoms with Crippen LogP contribution in [0.25, 0.3) is 0 Å². The van der Waals surface area contributed by atoms with E-state index in [9.17, 15) is 19.2 Å². The molecule has 0 bridgehead atoms. The van der Waals surface area contributed by atoms with E-state index in [4.69, 9.17) is 0 Å². The number of aryl methyl sites for hydroxylation is 3. The molecule has 0 amide bonds. The van der Waals surface area contributed by atoms with Gasteiger partial charge in [-0.1, -0.05) is 358 Å². The average molecular weight is 1950 g/mol. The predicted molar refractivity (Wildman–Crippen MR) is 604 cm³/mol. The van der Waals surface area contributed by atoms with Crippen LogP contribution in [0, 0.1) is 43.4 Å². The number of dihydropyridines is 1. The third-order valence-corrected chi connectivity index (χ3v) is 23.7. The summed E-state index contributed by atoms with van der Waals surface area (Å²) < 4.78 is 0. The van der Waals surface area contributed by atoms with E-state index in [1.807, 2.05) is 69.2 Å². The van der Waals surface area contributed by atoms with Gasteiger partial charge in [-0.25, -0.2) is 19.9 Å². The third kappa shape index (κ3) is 44.5. The van der Waals surface area contributed by atoms with Crippen LogP contribution < -0.4 is 22.0 Å². The van der Waals surface area contributed by atoms with Gasteiger partial charge in [-0.15, -0.1) is 0 Å². The first-order valence-electron chi connectivity index (χ1n) is 51.4. The number of rotatable bonds is 7. The van der Waals surface area contributed by atoms with Crippen molar-refractivity contribution in [3.63, 3.8) is 0 Å². The van der Waals surface area contributed by atoms with E-state index >= 15 is 0 Å². The van der Waals surface area contributed by atoms with Crippen LogP contribution in [0.4, 0.5) is 0 Å². The summed E-state index contributed by atoms with van der Waals surface area (Å²) in [5.74, 6) is 3.58. The summed E-state index contributed by atoms with van der Waals surface area (Å²) in [6.45, 7) is 116. The molecule has 0 unspecified atom stereocenters. The molecule has 9 aromatic heterocycles. The zero-order valence-corrected chi connectivity index (χ0v) is 99.2. The topological polar surface area (TPSA) is 282 Å². The minimum absolute atomic E-state index is 0.00639. The van der Waals surface area contributed by atoms with Crippen LogP contribution in [-0.4, -0.2) is 87.8 Å². The molecule has 2 aliphatic rings. The molecule has 1 aliphatic carbocycles. The zero-order chi connectivity index (χ0) is 110. The molecule has 142 heavy (non-hydrogen) atoms. The summed E-state index contributed by atoms with van der Waals surface area (Å²) >= 11 is 0. The maximum absolute atomic E-state index is 11.7. The summed E-state index contributed by atoms with van der Waals surface area (Å²) in [5.41, 5.74) is 28.0. The fourth-order valence-corrected chi connectivity index (χ4v) is 16.3. The summed E-state index contributed by atoms with van der Waals surface area (Å²) in [6.07, 6.45) is 31.8. The lowest BCUT2D eigenvalue weighted by molar-refractivity contribution is -0.114. The van der Waals surface area contributed by atoms with Gasteiger partial charge in [0, 0.05) is 108 Å². The first kappa shape index (κ1) is 130. The number of ketones is 1. The fraction of sp³-hybridized carbons (Fsp3) is 0.607. The Morgan fingerprint density at radius 1 is 0.324 bits per heavy atom. The van der Waals surface area contributed by atoms with Gasteiger partial charge in [0.05, 0.1) is 40.9 Å². The monoisotopic (exact) mass is 1950 g/mol. The van der Waals surface area contributed by atoms with Crippen molar-refractivity contribution in [3.05, 3.63) is 290 Å². The van der Waals surface area contributed by atoms with Gasteiger partial charge in [-0.2, -0.15) is 30.6 Å². The molecule has 1 aliphatic heterocycles. The average Bonchev–Trinajstić information content (AvgIpc) is 0.816. The number of H-pyrrole nitrogens is 3. The lowest BCUT2D eigenvalue weighted by Crippen LogP contribution is -2.26. The Morgan fingerprint density at radius 3 is 1.15 bits per heavy atom. The van der Waals surface area contributed by atoms with Crippen molar-refractivity contribution in [2.24, 2.45) is 22.7 Å². The summed E-state index contributed by atoms with van der Waals surface area (Å²) in [5, 5.41) is 27.3. The Labute approximate surface area is 862 Å². The highest BCUT2D eigenvalue weighted by Gasteiger charge is 2.32. The highest BCUT2D eigenvalue weighted by Crippen LogP contribution is 2.40. The lowest BCUT2D eigenvalue weighted by Gasteiger charge is -2.29. The molecule has 4 N–H and O–H groups in total. The zero-order valence-electron chi connectivity index (χ0n) is 99.2. The van der Waals surface area contributed by atoms with Crippen LogP contribution >= 0.6 is 0 Å². The molecular formula is C122H196N16O4. The minimum Gasteiger partial charge on any atom is -0.387 e. The molecule has 0 radical (unpaired) electrons. The molecule has 20 heteroatoms. The maximum atomic E-state index is 11.7. The molecule has 788 valence electrons. The van der Waals surface area contributed by atoms with E-state index in [2.05, 4.69) is 452 Å². The van der Waals surface area contributed by atoms with E-state index in [0.29, 0.717) is 47.8 Å². The normalized spacial score (nSPS) is 13.3. The van der Waals surface area contributed by atoms with Gasteiger partial charge in [0.2, 0.25) is 11.1 Å². The molecule has 0 atom stereocenters. The molecule has 10 heterocycles. The van der Waals surface area contributed by atoms with E-state index in [1.54, 1.807) is 67.4 Å². The number of aromatic nitrogens is 15. The third-order valence-electron chi connectivity index (χ3n) is 23.7. The maximum Gasteiger partial charge on any atom is 0.251 e. The van der Waals surface area contributed by atoms with Crippen LogP contribution in [0.1, 0.15) is 483 Å². The Morgan fingerprint density at radius 2 is 0.782 bits per heavy atom. The van der Waals surface area contributed by atoms with Gasteiger partial charge in [0.25, 0.3) is 5.56 Å². The molecule has 9 aromatic rings. The molecule has 0 spiro atoms. The smallest absolute Gasteiger partial charge is 0.251 e. The number of aromatic amines is 3. The van der Waals surface area contributed by atoms with Crippen LogP contribution in [-0.2, 0) is 58.9 Å². The largest absolute Gasteiger partial charge is 0.387 e. The number of hydrogen-bond acceptors (Lipinski definition) is 17. The molecule has 11 rings (SSSR count). The number of allylic oxidation sites excluding steroid dienone is 6. The van der Waals surface area contributed by atoms with E-state index < -0.39 is 0 Å². The SMILES string of the molecule is CC(C)(C)c1c[nH]c(=O)cc1C(C)(C)C.CC(C)(C)c1cnncc1C(C)(C)C.CC(C)C1=C(C(C)(C)C)C=CNC1.CC(C)C1=C(C(C)(C)C)CC(=O)C=C1.CC(C)c1c[nH]c(=O)cc1C(C)C.CC(C)c1cc[nH]c(=O)c1C(C)(C)C.CC(C)c1ncncc1C(C)(C)C.CC(C)c1nnccc1C(C)(C)C.Cc1ccnnc1C(C)(C)C.Cc1cncnc1C(C)(C)C.Cc1nccnc1C(C)(C)C. The Hall–Kier alpha value is -10.2. The van der Waals surface area contributed by atoms with E-state index in [-0.39, 0.29) is 87.4 Å². The summed E-state index contributed by atoms with van der Waals surface area (Å²) in [4.78, 5) is 78.9. The molecule has 0 saturated carbocycles. The van der Waals surface area contributed by atoms with Crippen LogP contribution in [0.15, 0.2) is 172 Å². The number of carbonyl (C=O) groups excluding carboxylic acids is 1. The Kier molecular flexibility index (Phi) is 49.9. The number of hydrogen-bond donors (Lipinski definition) is 4. The van der Waals surface area contributed by atoms with Gasteiger partial charge in [-0.05, 0) is 225 Å². The quantitative estimate of drug-likeness (QED) is 0.115. The van der Waals surface area contributed by atoms with Crippen molar-refractivity contribution in [1.82, 2.24) is 80.8 Å². The predicted octanol–water partition coefficient (Wildman–Crippen LogP) is 30.1. The van der Waals surface area contributed by atoms with Crippen molar-refractivity contribution in [1.29, 1.82) is 0 Å². The first-order chi connectivity index (χ1) is 64.4. The van der Waals surface area contributed by atoms with E-state index in [1.165, 1.54) is 72.5 Å². The highest BCUT2D eigenvalue weighted by atomic mass is 16.1. The van der Waals surface area contributed by atoms with Crippen molar-refractivity contribution in [2.45, 2.75) is 457 Å². The molecular weight excluding hydrogens is 1750 g/mol. The first-order valence-corrected chi connectivity index (χ1v) is 51.4. The molecule has 0 aromatic carbocycles. The van der Waals surface area contributed by atoms with E-state index in [0.717, 1.165) is 51.7 Å². The highest BCUT2D eigenvalue weighted by molar-refractivity contribution is 5.93. The number of pyridine rings is 3. The number of carbonyl (C=O) groups is 1. The molecule has 0 saturated heterocycles. The second kappa shape index (κ2) is 54.6. The second-order valence-corrected chi connectivity index (χ2v) is 52.2. The Balaban J connectivity index is 0.000000782. The summed E-state index contributed by atoms with van der Waals surface area (Å²) in [6, 6.07) is 9.50. The number of nitrogens with one attached hydrogen (secondary N) is 4. The molecule has 0 fully saturated rings. The lowest BCUT2D eigenvalue weighted by atomic mass is 9.76. The van der Waals surface area contributed by atoms with Gasteiger partial charge >= 0.3 is 0 Å². The van der Waals surface area contributed by atoms with Gasteiger partial charge in [0.15, 0.2) is 5.78 Å². The van der Waals surface area contributed by atoms with Crippen molar-refractivity contribution in [3.8, 4) is 0 Å². The van der Waals surface area contributed by atoms with Crippen LogP contribution in [0.3, 0.4) is 0 Å². The van der Waals surface area contributed by atoms with Crippen LogP contribution in [0.5, 0.6) is 0 Å². The van der Waals surface area contributed by atoms with Crippen molar-refractivity contribution in [2.75, 3.05) is 6.54 Å². The van der Waals surface area contributed by atoms with Gasteiger partial charge in [0.1, 0.15) is 12.7 Å². The molecule has 20 nitrogen and oxygen atoms in total. The second-order valence-electron chi connectivity index (χ2n) is 52.2. The Bertz CT molecular complexity index is 5470. The standard InChI is InChI=1S/C13H21NO.C13H20O.C12H20N2.C12H19NO.C12H21N.2C11H18N2.C11H17NO.3C9H14N2/c1-12(2,3)9-7-11(15)14-8-10(9)13(4,5)6;1-9(2)11-7-6-10(14)8-12(11)13(3,4)5;1-11(2,3)9-7-13-14-8-10(9)12(4,5)6;1-8(2)9-6-7-13-11(14)10(9)12(3,4)5;1-9(2)10-8-13-7-6-11(10)12(3,4)5;1-8(2)10-9(11(3,4)5)6-12-7-13-10;1-8(2)10-9(11(3,4)5)6-7-12-13-10;1-7(2)9-5-11(13)12-6-10(9)8(3)4;1-7-5-10-6-11-8(7)9(2,3)4;1-7-8(9(2,3)4)11-6-5-10-7;1-7-5-6-10-11-8(7)9(2,3)4/h7-8H,1-6H3,(H,14,15);6-7,9H,8H2,1-5H3;7-8H,1-6H3;6-8H,1-5H3,(H,13,14);6-7,9,13H,8H2,1-5H3;2*6-8H,1-5H3;5-8H,1-4H3,(H,12,13);3*5-6H,1-4H3. The van der Waals surface area contributed by atoms with Gasteiger partial charge < -0.3 is 20.3 Å². The fourth-order valence-electron chi connectivity index (χ4n) is 16.3. The number of nitrogens with zero attached hydrogens (tertiary/aromatic N) is 12. The van der Waals surface area contributed by atoms with Crippen LogP contribution in [0.2, 0.25) is 0 Å². The van der Waals surface area contributed by atoms with Crippen molar-refractivity contribution >= 4 is 5.78 Å². The summed E-state index contributed by atoms with van der Waals surface area (Å²) in [7, 11) is 0. The minimum atomic E-state index is -0.0888.